The van der Waals surface area contributed by atoms with Crippen molar-refractivity contribution >= 4 is 39.3 Å². The number of aromatic nitrogens is 4. The van der Waals surface area contributed by atoms with Gasteiger partial charge in [-0.25, -0.2) is 9.97 Å². The van der Waals surface area contributed by atoms with Gasteiger partial charge in [-0.1, -0.05) is 29.8 Å². The third-order valence-electron chi connectivity index (χ3n) is 4.63. The van der Waals surface area contributed by atoms with Gasteiger partial charge in [0, 0.05) is 17.4 Å². The monoisotopic (exact) mass is 360 g/mol. The zero-order valence-electron chi connectivity index (χ0n) is 13.8. The molecule has 0 spiro atoms. The second kappa shape index (κ2) is 5.41. The number of fused-ring (bicyclic) bond motifs is 5. The van der Waals surface area contributed by atoms with Gasteiger partial charge in [-0.05, 0) is 42.8 Å². The first-order chi connectivity index (χ1) is 12.6. The van der Waals surface area contributed by atoms with Crippen molar-refractivity contribution in [3.63, 3.8) is 0 Å². The number of benzene rings is 2. The van der Waals surface area contributed by atoms with Gasteiger partial charge in [0.15, 0.2) is 0 Å². The molecule has 2 aromatic carbocycles. The van der Waals surface area contributed by atoms with Crippen LogP contribution >= 0.6 is 11.6 Å². The average Bonchev–Trinajstić information content (AvgIpc) is 3.03. The number of halogens is 1. The molecule has 3 heterocycles. The minimum absolute atomic E-state index is 0.144. The summed E-state index contributed by atoms with van der Waals surface area (Å²) < 4.78 is 3.50. The first-order valence-electron chi connectivity index (χ1n) is 8.17. The molecule has 126 valence electrons. The summed E-state index contributed by atoms with van der Waals surface area (Å²) in [5.74, 6) is 0.578. The van der Waals surface area contributed by atoms with Crippen LogP contribution in [-0.4, -0.2) is 18.9 Å². The molecule has 0 radical (unpaired) electrons. The maximum atomic E-state index is 13.1. The van der Waals surface area contributed by atoms with E-state index in [1.165, 1.54) is 0 Å². The number of rotatable bonds is 1. The molecule has 0 aliphatic rings. The molecular formula is C20H13ClN4O. The van der Waals surface area contributed by atoms with Gasteiger partial charge < -0.3 is 0 Å². The molecule has 0 fully saturated rings. The van der Waals surface area contributed by atoms with Crippen LogP contribution in [0.15, 0.2) is 65.7 Å². The zero-order chi connectivity index (χ0) is 17.8. The number of hydrogen-bond acceptors (Lipinski definition) is 3. The Morgan fingerprint density at radius 3 is 2.73 bits per heavy atom. The quantitative estimate of drug-likeness (QED) is 0.451. The van der Waals surface area contributed by atoms with Gasteiger partial charge in [0.1, 0.15) is 0 Å². The lowest BCUT2D eigenvalue weighted by Gasteiger charge is -2.09. The standard InChI is InChI=1S/C20H13ClN4O/c1-12-6-7-13(10-15(12)21)24-9-8-17-14(19(24)26)11-22-20-23-16-4-2-3-5-18(16)25(17)20/h2-11H,1H3. The maximum Gasteiger partial charge on any atom is 0.266 e. The van der Waals surface area contributed by atoms with E-state index in [9.17, 15) is 4.79 Å². The molecule has 0 saturated heterocycles. The van der Waals surface area contributed by atoms with Crippen LogP contribution in [0, 0.1) is 6.92 Å². The molecule has 6 heteroatoms. The van der Waals surface area contributed by atoms with Gasteiger partial charge >= 0.3 is 0 Å². The fraction of sp³-hybridized carbons (Fsp3) is 0.0500. The van der Waals surface area contributed by atoms with Crippen molar-refractivity contribution in [1.82, 2.24) is 18.9 Å². The number of imidazole rings is 1. The Kier molecular flexibility index (Phi) is 3.14. The first-order valence-corrected chi connectivity index (χ1v) is 8.55. The van der Waals surface area contributed by atoms with E-state index < -0.39 is 0 Å². The Morgan fingerprint density at radius 1 is 1.04 bits per heavy atom. The summed E-state index contributed by atoms with van der Waals surface area (Å²) >= 11 is 6.22. The fourth-order valence-electron chi connectivity index (χ4n) is 3.25. The minimum atomic E-state index is -0.144. The number of pyridine rings is 1. The topological polar surface area (TPSA) is 52.2 Å². The van der Waals surface area contributed by atoms with Crippen LogP contribution in [0.1, 0.15) is 5.56 Å². The second-order valence-electron chi connectivity index (χ2n) is 6.22. The molecule has 5 rings (SSSR count). The maximum absolute atomic E-state index is 13.1. The van der Waals surface area contributed by atoms with E-state index in [1.807, 2.05) is 53.8 Å². The summed E-state index contributed by atoms with van der Waals surface area (Å²) in [6, 6.07) is 15.3. The molecule has 0 unspecified atom stereocenters. The van der Waals surface area contributed by atoms with E-state index in [1.54, 1.807) is 23.0 Å². The average molecular weight is 361 g/mol. The summed E-state index contributed by atoms with van der Waals surface area (Å²) in [7, 11) is 0. The Labute approximate surface area is 153 Å². The van der Waals surface area contributed by atoms with Crippen LogP contribution in [0.4, 0.5) is 0 Å². The third-order valence-corrected chi connectivity index (χ3v) is 5.04. The Balaban J connectivity index is 1.86. The third kappa shape index (κ3) is 2.07. The first kappa shape index (κ1) is 15.1. The number of para-hydroxylation sites is 2. The highest BCUT2D eigenvalue weighted by Gasteiger charge is 2.12. The van der Waals surface area contributed by atoms with Crippen molar-refractivity contribution in [2.24, 2.45) is 0 Å². The van der Waals surface area contributed by atoms with Crippen molar-refractivity contribution in [2.75, 3.05) is 0 Å². The SMILES string of the molecule is Cc1ccc(-n2ccc3c(cnc4nc5ccccc5n43)c2=O)cc1Cl. The summed E-state index contributed by atoms with van der Waals surface area (Å²) in [4.78, 5) is 22.0. The predicted octanol–water partition coefficient (Wildman–Crippen LogP) is 4.15. The van der Waals surface area contributed by atoms with Crippen molar-refractivity contribution < 1.29 is 0 Å². The number of hydrogen-bond donors (Lipinski definition) is 0. The van der Waals surface area contributed by atoms with Gasteiger partial charge in [-0.15, -0.1) is 0 Å². The van der Waals surface area contributed by atoms with E-state index in [0.717, 1.165) is 27.8 Å². The van der Waals surface area contributed by atoms with Crippen molar-refractivity contribution in [2.45, 2.75) is 6.92 Å². The van der Waals surface area contributed by atoms with E-state index >= 15 is 0 Å². The zero-order valence-corrected chi connectivity index (χ0v) is 14.6. The Morgan fingerprint density at radius 2 is 1.88 bits per heavy atom. The second-order valence-corrected chi connectivity index (χ2v) is 6.62. The smallest absolute Gasteiger partial charge is 0.266 e. The van der Waals surface area contributed by atoms with Gasteiger partial charge in [0.25, 0.3) is 5.56 Å². The summed E-state index contributed by atoms with van der Waals surface area (Å²) in [5.41, 5.74) is 4.11. The van der Waals surface area contributed by atoms with Crippen molar-refractivity contribution in [1.29, 1.82) is 0 Å². The van der Waals surface area contributed by atoms with E-state index in [-0.39, 0.29) is 5.56 Å². The van der Waals surface area contributed by atoms with Crippen molar-refractivity contribution in [3.8, 4) is 5.69 Å². The fourth-order valence-corrected chi connectivity index (χ4v) is 3.43. The lowest BCUT2D eigenvalue weighted by molar-refractivity contribution is 0.999. The largest absolute Gasteiger partial charge is 0.284 e. The van der Waals surface area contributed by atoms with Gasteiger partial charge in [0.05, 0.1) is 27.6 Å². The highest BCUT2D eigenvalue weighted by Crippen LogP contribution is 2.22. The molecule has 5 nitrogen and oxygen atoms in total. The molecule has 0 aliphatic heterocycles. The molecule has 3 aromatic heterocycles. The highest BCUT2D eigenvalue weighted by molar-refractivity contribution is 6.31. The molecule has 0 amide bonds. The predicted molar refractivity (Wildman–Crippen MR) is 103 cm³/mol. The molecule has 0 bridgehead atoms. The van der Waals surface area contributed by atoms with Crippen molar-refractivity contribution in [3.05, 3.63) is 81.9 Å². The molecule has 26 heavy (non-hydrogen) atoms. The van der Waals surface area contributed by atoms with Crippen LogP contribution in [0.3, 0.4) is 0 Å². The van der Waals surface area contributed by atoms with Gasteiger partial charge in [-0.3, -0.25) is 13.8 Å². The summed E-state index contributed by atoms with van der Waals surface area (Å²) in [6.07, 6.45) is 3.35. The van der Waals surface area contributed by atoms with Crippen LogP contribution in [-0.2, 0) is 0 Å². The highest BCUT2D eigenvalue weighted by atomic mass is 35.5. The van der Waals surface area contributed by atoms with Crippen LogP contribution < -0.4 is 5.56 Å². The molecule has 5 aromatic rings. The van der Waals surface area contributed by atoms with Crippen LogP contribution in [0.25, 0.3) is 33.4 Å². The normalized spacial score (nSPS) is 11.6. The molecule has 0 N–H and O–H groups in total. The summed E-state index contributed by atoms with van der Waals surface area (Å²) in [5, 5.41) is 1.16. The molecule has 0 saturated carbocycles. The van der Waals surface area contributed by atoms with Crippen LogP contribution in [0.5, 0.6) is 0 Å². The summed E-state index contributed by atoms with van der Waals surface area (Å²) in [6.45, 7) is 1.93. The lowest BCUT2D eigenvalue weighted by atomic mass is 10.2. The molecule has 0 atom stereocenters. The van der Waals surface area contributed by atoms with E-state index in [2.05, 4.69) is 9.97 Å². The van der Waals surface area contributed by atoms with E-state index in [0.29, 0.717) is 16.2 Å². The van der Waals surface area contributed by atoms with Gasteiger partial charge in [0.2, 0.25) is 5.78 Å². The van der Waals surface area contributed by atoms with Crippen LogP contribution in [0.2, 0.25) is 5.02 Å². The molecule has 0 aliphatic carbocycles. The van der Waals surface area contributed by atoms with Gasteiger partial charge in [-0.2, -0.15) is 0 Å². The number of aryl methyl sites for hydroxylation is 1. The number of nitrogens with zero attached hydrogens (tertiary/aromatic N) is 4. The molecular weight excluding hydrogens is 348 g/mol. The van der Waals surface area contributed by atoms with E-state index in [4.69, 9.17) is 11.6 Å². The lowest BCUT2D eigenvalue weighted by Crippen LogP contribution is -2.18. The Hall–Kier alpha value is -3.18. The Bertz CT molecular complexity index is 1380. The minimum Gasteiger partial charge on any atom is -0.284 e.